The van der Waals surface area contributed by atoms with Gasteiger partial charge < -0.3 is 0 Å². The second-order valence-electron chi connectivity index (χ2n) is 14.9. The summed E-state index contributed by atoms with van der Waals surface area (Å²) in [6.45, 7) is 14.5. The fourth-order valence-corrected chi connectivity index (χ4v) is 29.6. The Kier molecular flexibility index (Phi) is 9.48. The van der Waals surface area contributed by atoms with E-state index >= 15 is 0 Å². The zero-order chi connectivity index (χ0) is 31.0. The summed E-state index contributed by atoms with van der Waals surface area (Å²) in [7, 11) is 0. The molecule has 5 aromatic carbocycles. The van der Waals surface area contributed by atoms with Crippen LogP contribution in [0.1, 0.15) is 61.4 Å². The SMILES string of the molecule is CC1=Cc2c(-c3cccc4ccccc34)cc(C)c(C)c2[CH]1[Zr]([CH3])([CH3])(=[SiH2])[CH]1C(C(C)C)=Cc2c(-c3ccccc3)cccc21.Cl.Cl. The van der Waals surface area contributed by atoms with Crippen molar-refractivity contribution in [2.45, 2.75) is 51.1 Å². The van der Waals surface area contributed by atoms with Crippen molar-refractivity contribution in [1.82, 2.24) is 0 Å². The zero-order valence-electron chi connectivity index (χ0n) is 28.1. The Balaban J connectivity index is 0.00000208. The summed E-state index contributed by atoms with van der Waals surface area (Å²) >= 11 is -3.72. The van der Waals surface area contributed by atoms with Gasteiger partial charge in [-0.2, -0.15) is 0 Å². The number of hydrogen-bond donors (Lipinski definition) is 0. The van der Waals surface area contributed by atoms with E-state index in [2.05, 4.69) is 160 Å². The molecule has 0 aromatic heterocycles. The summed E-state index contributed by atoms with van der Waals surface area (Å²) < 4.78 is 6.56. The molecule has 0 radical (unpaired) electrons. The second-order valence-corrected chi connectivity index (χ2v) is 45.4. The molecule has 0 amide bonds. The smallest absolute Gasteiger partial charge is 0.147 e. The van der Waals surface area contributed by atoms with Crippen LogP contribution in [0.5, 0.6) is 0 Å². The Hall–Kier alpha value is -2.48. The number of aryl methyl sites for hydroxylation is 1. The van der Waals surface area contributed by atoms with Crippen molar-refractivity contribution >= 4 is 54.6 Å². The zero-order valence-corrected chi connectivity index (χ0v) is 33.7. The molecule has 2 atom stereocenters. The Morgan fingerprint density at radius 1 is 0.652 bits per heavy atom. The maximum Gasteiger partial charge on any atom is -0.147 e. The van der Waals surface area contributed by atoms with Gasteiger partial charge in [0.15, 0.2) is 0 Å². The van der Waals surface area contributed by atoms with E-state index in [1.54, 1.807) is 22.3 Å². The van der Waals surface area contributed by atoms with Crippen LogP contribution < -0.4 is 0 Å². The molecular weight excluding hydrogens is 695 g/mol. The minimum absolute atomic E-state index is 0. The topological polar surface area (TPSA) is 0 Å². The standard InChI is InChI=1S/C22H19.C18H17.2CH3.2ClH.H2Si.Zr/c1-14-11-20-16(3)15(2)13-22(21(20)12-14)19-10-6-8-17-7-4-5-9-18(17)19;1-13(2)16-11-15-9-6-10-17(18(15)12-16)14-7-4-3-5-8-14;;;;;;/h4-13H,1-3H3;3-13H,1-2H3;2*1H3;2*1H;1H2;. The normalized spacial score (nSPS) is 17.2. The monoisotopic (exact) mass is 738 g/mol. The third-order valence-electron chi connectivity index (χ3n) is 10.9. The summed E-state index contributed by atoms with van der Waals surface area (Å²) in [5, 5.41) is 2.65. The number of rotatable bonds is 5. The van der Waals surface area contributed by atoms with Crippen LogP contribution in [0.15, 0.2) is 108 Å². The first-order valence-electron chi connectivity index (χ1n) is 16.2. The predicted octanol–water partition coefficient (Wildman–Crippen LogP) is 12.2. The number of benzene rings is 5. The molecule has 2 unspecified atom stereocenters. The van der Waals surface area contributed by atoms with E-state index in [4.69, 9.17) is 0 Å². The van der Waals surface area contributed by atoms with Crippen molar-refractivity contribution in [3.63, 3.8) is 0 Å². The molecule has 0 saturated heterocycles. The molecule has 7 rings (SSSR count). The van der Waals surface area contributed by atoms with Crippen molar-refractivity contribution in [2.24, 2.45) is 5.92 Å². The summed E-state index contributed by atoms with van der Waals surface area (Å²) in [6.07, 6.45) is 5.17. The van der Waals surface area contributed by atoms with Crippen molar-refractivity contribution in [3.05, 3.63) is 142 Å². The molecule has 2 aliphatic rings. The van der Waals surface area contributed by atoms with Gasteiger partial charge in [0.05, 0.1) is 0 Å². The van der Waals surface area contributed by atoms with Gasteiger partial charge in [-0.15, -0.1) is 24.8 Å². The molecule has 0 aliphatic heterocycles. The maximum absolute atomic E-state index is 3.72. The van der Waals surface area contributed by atoms with Crippen LogP contribution in [-0.2, 0) is 17.4 Å². The molecule has 0 bridgehead atoms. The molecule has 236 valence electrons. The molecule has 5 aromatic rings. The molecule has 0 nitrogen and oxygen atoms in total. The van der Waals surface area contributed by atoms with Gasteiger partial charge in [0.25, 0.3) is 0 Å². The minimum Gasteiger partial charge on any atom is -0.147 e. The first kappa shape index (κ1) is 34.8. The van der Waals surface area contributed by atoms with Crippen LogP contribution in [0.4, 0.5) is 0 Å². The molecule has 0 spiro atoms. The molecule has 0 heterocycles. The van der Waals surface area contributed by atoms with Crippen LogP contribution >= 0.6 is 24.8 Å². The second kappa shape index (κ2) is 12.5. The van der Waals surface area contributed by atoms with Gasteiger partial charge in [-0.05, 0) is 0 Å². The van der Waals surface area contributed by atoms with E-state index in [1.165, 1.54) is 55.3 Å². The van der Waals surface area contributed by atoms with E-state index < -0.39 is 17.4 Å². The third kappa shape index (κ3) is 5.38. The Morgan fingerprint density at radius 3 is 2.00 bits per heavy atom. The third-order valence-corrected chi connectivity index (χ3v) is 28.4. The Morgan fingerprint density at radius 2 is 1.28 bits per heavy atom. The van der Waals surface area contributed by atoms with Crippen LogP contribution in [-0.4, -0.2) is 6.88 Å². The van der Waals surface area contributed by atoms with Crippen molar-refractivity contribution in [2.75, 3.05) is 0 Å². The van der Waals surface area contributed by atoms with Crippen LogP contribution in [0.3, 0.4) is 0 Å². The Labute approximate surface area is 290 Å². The molecule has 0 saturated carbocycles. The van der Waals surface area contributed by atoms with E-state index in [0.29, 0.717) is 13.2 Å². The fourth-order valence-electron chi connectivity index (χ4n) is 8.95. The van der Waals surface area contributed by atoms with Crippen LogP contribution in [0.2, 0.25) is 9.26 Å². The minimum atomic E-state index is -3.72. The number of allylic oxidation sites excluding steroid dienone is 2. The summed E-state index contributed by atoms with van der Waals surface area (Å²) in [6, 6.07) is 36.2. The summed E-state index contributed by atoms with van der Waals surface area (Å²) in [5.74, 6) is 0.503. The maximum atomic E-state index is 2.78. The predicted molar refractivity (Wildman–Crippen MR) is 207 cm³/mol. The Bertz CT molecular complexity index is 2110. The average molecular weight is 741 g/mol. The molecule has 0 N–H and O–H groups in total. The van der Waals surface area contributed by atoms with Crippen molar-refractivity contribution < 1.29 is 17.4 Å². The van der Waals surface area contributed by atoms with Gasteiger partial charge >= 0.3 is 268 Å². The fraction of sp³-hybridized carbons (Fsp3) is 0.238. The van der Waals surface area contributed by atoms with Gasteiger partial charge in [0, 0.05) is 0 Å². The van der Waals surface area contributed by atoms with Gasteiger partial charge in [0.1, 0.15) is 0 Å². The number of halogens is 2. The van der Waals surface area contributed by atoms with Crippen LogP contribution in [0, 0.1) is 19.8 Å². The largest absolute Gasteiger partial charge is 0.147 e. The molecule has 2 aliphatic carbocycles. The van der Waals surface area contributed by atoms with E-state index in [0.717, 1.165) is 0 Å². The van der Waals surface area contributed by atoms with E-state index in [9.17, 15) is 0 Å². The first-order chi connectivity index (χ1) is 21.0. The average Bonchev–Trinajstić information content (AvgIpc) is 3.59. The van der Waals surface area contributed by atoms with Crippen molar-refractivity contribution in [1.29, 1.82) is 0 Å². The number of fused-ring (bicyclic) bond motifs is 3. The van der Waals surface area contributed by atoms with Gasteiger partial charge in [-0.1, -0.05) is 0 Å². The first-order valence-corrected chi connectivity index (χ1v) is 29.9. The molecule has 0 fully saturated rings. The van der Waals surface area contributed by atoms with Gasteiger partial charge in [-0.3, -0.25) is 0 Å². The van der Waals surface area contributed by atoms with E-state index in [-0.39, 0.29) is 24.8 Å². The molecular formula is C42H46Cl2SiZr. The van der Waals surface area contributed by atoms with E-state index in [1.807, 2.05) is 0 Å². The molecule has 46 heavy (non-hydrogen) atoms. The van der Waals surface area contributed by atoms with Crippen molar-refractivity contribution in [3.8, 4) is 22.3 Å². The summed E-state index contributed by atoms with van der Waals surface area (Å²) in [4.78, 5) is 0. The van der Waals surface area contributed by atoms with Gasteiger partial charge in [0.2, 0.25) is 0 Å². The number of hydrogen-bond acceptors (Lipinski definition) is 0. The quantitative estimate of drug-likeness (QED) is 0.157. The summed E-state index contributed by atoms with van der Waals surface area (Å²) in [5.41, 5.74) is 17.7. The molecule has 4 heteroatoms. The van der Waals surface area contributed by atoms with Crippen LogP contribution in [0.25, 0.3) is 45.2 Å². The van der Waals surface area contributed by atoms with Gasteiger partial charge in [-0.25, -0.2) is 0 Å².